The van der Waals surface area contributed by atoms with Crippen LogP contribution in [0.3, 0.4) is 0 Å². The van der Waals surface area contributed by atoms with Crippen molar-refractivity contribution in [1.82, 2.24) is 0 Å². The maximum Gasteiger partial charge on any atom is 0.304 e. The molecule has 0 fully saturated rings. The van der Waals surface area contributed by atoms with Gasteiger partial charge in [0.15, 0.2) is 0 Å². The van der Waals surface area contributed by atoms with E-state index in [1.165, 1.54) is 7.11 Å². The van der Waals surface area contributed by atoms with Crippen LogP contribution in [0.5, 0.6) is 0 Å². The number of carbonyl (C=O) groups is 1. The molecular formula is C4H10O2Si. The molecule has 0 saturated carbocycles. The Hall–Kier alpha value is -0.313. The summed E-state index contributed by atoms with van der Waals surface area (Å²) < 4.78 is 4.41. The van der Waals surface area contributed by atoms with Crippen molar-refractivity contribution < 1.29 is 9.53 Å². The van der Waals surface area contributed by atoms with E-state index in [1.807, 2.05) is 6.92 Å². The van der Waals surface area contributed by atoms with Gasteiger partial charge in [0.1, 0.15) is 0 Å². The van der Waals surface area contributed by atoms with Gasteiger partial charge in [-0.05, 0) is 0 Å². The first-order chi connectivity index (χ1) is 3.18. The van der Waals surface area contributed by atoms with Crippen molar-refractivity contribution in [3.05, 3.63) is 0 Å². The molecule has 42 valence electrons. The van der Waals surface area contributed by atoms with Gasteiger partial charge < -0.3 is 4.74 Å². The van der Waals surface area contributed by atoms with Crippen molar-refractivity contribution >= 4 is 16.2 Å². The average Bonchev–Trinajstić information content (AvgIpc) is 1.65. The molecule has 2 nitrogen and oxygen atoms in total. The molecule has 0 unspecified atom stereocenters. The highest BCUT2D eigenvalue weighted by Gasteiger charge is 2.03. The molecule has 0 N–H and O–H groups in total. The van der Waals surface area contributed by atoms with Crippen LogP contribution in [0, 0.1) is 0 Å². The number of rotatable bonds is 1. The molecule has 0 aromatic carbocycles. The Morgan fingerprint density at radius 3 is 2.29 bits per heavy atom. The Bertz CT molecular complexity index is 70.1. The number of ether oxygens (including phenoxy) is 1. The molecule has 0 spiro atoms. The molecule has 0 aromatic rings. The SMILES string of the molecule is COC(=O)[C@H](C)[SiH3]. The van der Waals surface area contributed by atoms with Gasteiger partial charge in [0.05, 0.1) is 7.11 Å². The second-order valence-corrected chi connectivity index (χ2v) is 3.41. The van der Waals surface area contributed by atoms with E-state index in [1.54, 1.807) is 0 Å². The molecule has 0 radical (unpaired) electrons. The highest BCUT2D eigenvalue weighted by atomic mass is 28.1. The normalized spacial score (nSPS) is 13.4. The second-order valence-electron chi connectivity index (χ2n) is 1.68. The van der Waals surface area contributed by atoms with Crippen LogP contribution in [0.25, 0.3) is 0 Å². The Morgan fingerprint density at radius 1 is 1.86 bits per heavy atom. The van der Waals surface area contributed by atoms with E-state index < -0.39 is 0 Å². The van der Waals surface area contributed by atoms with Gasteiger partial charge in [0.2, 0.25) is 0 Å². The fourth-order valence-electron chi connectivity index (χ4n) is 0.236. The van der Waals surface area contributed by atoms with Crippen molar-refractivity contribution in [3.63, 3.8) is 0 Å². The van der Waals surface area contributed by atoms with Crippen LogP contribution < -0.4 is 0 Å². The highest BCUT2D eigenvalue weighted by molar-refractivity contribution is 6.22. The van der Waals surface area contributed by atoms with E-state index >= 15 is 0 Å². The molecule has 7 heavy (non-hydrogen) atoms. The van der Waals surface area contributed by atoms with E-state index in [0.29, 0.717) is 0 Å². The number of esters is 1. The van der Waals surface area contributed by atoms with Crippen molar-refractivity contribution in [3.8, 4) is 0 Å². The maximum absolute atomic E-state index is 10.3. The van der Waals surface area contributed by atoms with Crippen molar-refractivity contribution in [2.75, 3.05) is 7.11 Å². The van der Waals surface area contributed by atoms with Crippen LogP contribution in [-0.4, -0.2) is 23.3 Å². The Labute approximate surface area is 46.3 Å². The van der Waals surface area contributed by atoms with E-state index in [2.05, 4.69) is 4.74 Å². The van der Waals surface area contributed by atoms with Gasteiger partial charge in [0, 0.05) is 15.8 Å². The monoisotopic (exact) mass is 118 g/mol. The third kappa shape index (κ3) is 2.39. The molecule has 0 bridgehead atoms. The van der Waals surface area contributed by atoms with Crippen LogP contribution in [-0.2, 0) is 9.53 Å². The first kappa shape index (κ1) is 6.69. The van der Waals surface area contributed by atoms with Gasteiger partial charge in [-0.3, -0.25) is 4.79 Å². The lowest BCUT2D eigenvalue weighted by atomic mass is 10.5. The summed E-state index contributed by atoms with van der Waals surface area (Å²) in [5.74, 6) is -0.0910. The fourth-order valence-corrected chi connectivity index (χ4v) is 0.471. The molecule has 0 aromatic heterocycles. The third-order valence-corrected chi connectivity index (χ3v) is 1.14. The Morgan fingerprint density at radius 2 is 2.29 bits per heavy atom. The molecule has 0 aliphatic heterocycles. The lowest BCUT2D eigenvalue weighted by molar-refractivity contribution is -0.140. The molecule has 0 rings (SSSR count). The summed E-state index contributed by atoms with van der Waals surface area (Å²) in [6.07, 6.45) is 0. The predicted molar refractivity (Wildman–Crippen MR) is 31.4 cm³/mol. The second kappa shape index (κ2) is 2.79. The van der Waals surface area contributed by atoms with Gasteiger partial charge >= 0.3 is 5.97 Å². The third-order valence-electron chi connectivity index (χ3n) is 0.673. The van der Waals surface area contributed by atoms with Crippen LogP contribution in [0.15, 0.2) is 0 Å². The average molecular weight is 118 g/mol. The van der Waals surface area contributed by atoms with E-state index in [4.69, 9.17) is 0 Å². The number of methoxy groups -OCH3 is 1. The lowest BCUT2D eigenvalue weighted by Gasteiger charge is -1.97. The van der Waals surface area contributed by atoms with Crippen LogP contribution >= 0.6 is 0 Å². The topological polar surface area (TPSA) is 26.3 Å². The van der Waals surface area contributed by atoms with E-state index in [-0.39, 0.29) is 11.5 Å². The van der Waals surface area contributed by atoms with Gasteiger partial charge in [-0.25, -0.2) is 0 Å². The zero-order chi connectivity index (χ0) is 5.86. The van der Waals surface area contributed by atoms with Crippen molar-refractivity contribution in [1.29, 1.82) is 0 Å². The fraction of sp³-hybridized carbons (Fsp3) is 0.750. The van der Waals surface area contributed by atoms with Crippen molar-refractivity contribution in [2.45, 2.75) is 12.5 Å². The molecule has 3 heteroatoms. The van der Waals surface area contributed by atoms with Crippen LogP contribution in [0.2, 0.25) is 5.54 Å². The smallest absolute Gasteiger partial charge is 0.304 e. The van der Waals surface area contributed by atoms with Crippen molar-refractivity contribution in [2.24, 2.45) is 0 Å². The first-order valence-electron chi connectivity index (χ1n) is 2.26. The summed E-state index contributed by atoms with van der Waals surface area (Å²) in [4.78, 5) is 10.3. The highest BCUT2D eigenvalue weighted by Crippen LogP contribution is 1.95. The Kier molecular flexibility index (Phi) is 2.67. The first-order valence-corrected chi connectivity index (χ1v) is 3.41. The molecule has 1 atom stereocenters. The van der Waals surface area contributed by atoms with Gasteiger partial charge in [-0.1, -0.05) is 6.92 Å². The molecule has 0 aliphatic carbocycles. The minimum atomic E-state index is -0.0910. The summed E-state index contributed by atoms with van der Waals surface area (Å²) in [6.45, 7) is 1.86. The summed E-state index contributed by atoms with van der Waals surface area (Å²) in [7, 11) is 2.30. The number of hydrogen-bond acceptors (Lipinski definition) is 2. The minimum Gasteiger partial charge on any atom is -0.469 e. The lowest BCUT2D eigenvalue weighted by Crippen LogP contribution is -2.05. The van der Waals surface area contributed by atoms with Gasteiger partial charge in [-0.15, -0.1) is 0 Å². The van der Waals surface area contributed by atoms with Gasteiger partial charge in [-0.2, -0.15) is 0 Å². The molecule has 0 amide bonds. The van der Waals surface area contributed by atoms with E-state index in [9.17, 15) is 4.79 Å². The summed E-state index contributed by atoms with van der Waals surface area (Å²) in [5.41, 5.74) is 0.144. The standard InChI is InChI=1S/C4H10O2Si/c1-3(7)4(5)6-2/h3H,1-2,7H3/t3-/m0/s1. The quantitative estimate of drug-likeness (QED) is 0.337. The predicted octanol–water partition coefficient (Wildman–Crippen LogP) is -0.667. The largest absolute Gasteiger partial charge is 0.469 e. The summed E-state index contributed by atoms with van der Waals surface area (Å²) in [5, 5.41) is 0. The van der Waals surface area contributed by atoms with Gasteiger partial charge in [0.25, 0.3) is 0 Å². The van der Waals surface area contributed by atoms with E-state index in [0.717, 1.165) is 10.2 Å². The summed E-state index contributed by atoms with van der Waals surface area (Å²) >= 11 is 0. The van der Waals surface area contributed by atoms with Crippen LogP contribution in [0.4, 0.5) is 0 Å². The molecule has 0 saturated heterocycles. The Balaban J connectivity index is 3.35. The maximum atomic E-state index is 10.3. The molecular weight excluding hydrogens is 108 g/mol. The molecule has 0 aliphatic rings. The zero-order valence-corrected chi connectivity index (χ0v) is 6.89. The molecule has 0 heterocycles. The van der Waals surface area contributed by atoms with Crippen LogP contribution in [0.1, 0.15) is 6.92 Å². The zero-order valence-electron chi connectivity index (χ0n) is 4.89. The summed E-state index contributed by atoms with van der Waals surface area (Å²) in [6, 6.07) is 0. The number of carbonyl (C=O) groups excluding carboxylic acids is 1. The number of hydrogen-bond donors (Lipinski definition) is 0. The minimum absolute atomic E-state index is 0.0910.